The van der Waals surface area contributed by atoms with Gasteiger partial charge in [0.25, 0.3) is 10.0 Å². The third-order valence-corrected chi connectivity index (χ3v) is 5.30. The highest BCUT2D eigenvalue weighted by Crippen LogP contribution is 2.26. The Bertz CT molecular complexity index is 814. The second-order valence-electron chi connectivity index (χ2n) is 5.53. The molecule has 1 aromatic heterocycles. The van der Waals surface area contributed by atoms with Gasteiger partial charge < -0.3 is 10.6 Å². The van der Waals surface area contributed by atoms with Gasteiger partial charge in [-0.3, -0.25) is 4.68 Å². The lowest BCUT2D eigenvalue weighted by molar-refractivity contribution is 0.378. The van der Waals surface area contributed by atoms with Crippen LogP contribution in [0.2, 0.25) is 0 Å². The number of nitrogens with zero attached hydrogens (tertiary/aromatic N) is 3. The van der Waals surface area contributed by atoms with Gasteiger partial charge in [-0.1, -0.05) is 12.1 Å². The summed E-state index contributed by atoms with van der Waals surface area (Å²) in [5.41, 5.74) is 0.562. The van der Waals surface area contributed by atoms with Crippen molar-refractivity contribution in [2.24, 2.45) is 4.40 Å². The first-order chi connectivity index (χ1) is 11.0. The first-order valence-corrected chi connectivity index (χ1v) is 8.84. The molecule has 0 amide bonds. The van der Waals surface area contributed by atoms with Crippen molar-refractivity contribution in [3.63, 3.8) is 0 Å². The molecule has 0 radical (unpaired) electrons. The molecule has 0 saturated carbocycles. The van der Waals surface area contributed by atoms with Crippen LogP contribution in [0.1, 0.15) is 19.9 Å². The zero-order chi connectivity index (χ0) is 16.4. The number of benzene rings is 1. The SMILES string of the molecule is C[C@H]([C@@H](C)NCC1=NS(=O)(=O)c2ccccc2N1)n1cccn1. The van der Waals surface area contributed by atoms with Gasteiger partial charge in [0.15, 0.2) is 0 Å². The average Bonchev–Trinajstić information content (AvgIpc) is 3.05. The van der Waals surface area contributed by atoms with Gasteiger partial charge in [-0.2, -0.15) is 13.5 Å². The van der Waals surface area contributed by atoms with Crippen molar-refractivity contribution in [3.8, 4) is 0 Å². The van der Waals surface area contributed by atoms with Gasteiger partial charge in [0.05, 0.1) is 18.3 Å². The molecule has 2 aromatic rings. The maximum absolute atomic E-state index is 12.2. The summed E-state index contributed by atoms with van der Waals surface area (Å²) in [6, 6.07) is 8.87. The van der Waals surface area contributed by atoms with Crippen LogP contribution in [0.3, 0.4) is 0 Å². The highest BCUT2D eigenvalue weighted by molar-refractivity contribution is 7.90. The van der Waals surface area contributed by atoms with Crippen LogP contribution in [-0.4, -0.2) is 36.6 Å². The molecule has 7 nitrogen and oxygen atoms in total. The molecule has 1 aliphatic rings. The molecule has 3 rings (SSSR count). The molecule has 0 unspecified atom stereocenters. The zero-order valence-corrected chi connectivity index (χ0v) is 13.8. The highest BCUT2D eigenvalue weighted by Gasteiger charge is 2.24. The summed E-state index contributed by atoms with van der Waals surface area (Å²) in [5, 5.41) is 10.6. The van der Waals surface area contributed by atoms with E-state index in [0.717, 1.165) is 0 Å². The van der Waals surface area contributed by atoms with Crippen molar-refractivity contribution < 1.29 is 8.42 Å². The largest absolute Gasteiger partial charge is 0.341 e. The van der Waals surface area contributed by atoms with Crippen molar-refractivity contribution in [3.05, 3.63) is 42.7 Å². The number of hydrogen-bond donors (Lipinski definition) is 2. The first-order valence-electron chi connectivity index (χ1n) is 7.40. The summed E-state index contributed by atoms with van der Waals surface area (Å²) in [6.07, 6.45) is 3.64. The monoisotopic (exact) mass is 333 g/mol. The van der Waals surface area contributed by atoms with E-state index in [9.17, 15) is 8.42 Å². The van der Waals surface area contributed by atoms with Crippen LogP contribution in [0.4, 0.5) is 5.69 Å². The molecule has 1 aromatic carbocycles. The summed E-state index contributed by atoms with van der Waals surface area (Å²) >= 11 is 0. The molecule has 0 aliphatic carbocycles. The summed E-state index contributed by atoms with van der Waals surface area (Å²) in [6.45, 7) is 4.41. The topological polar surface area (TPSA) is 88.4 Å². The van der Waals surface area contributed by atoms with Crippen molar-refractivity contribution in [1.29, 1.82) is 0 Å². The molecule has 2 heterocycles. The number of anilines is 1. The highest BCUT2D eigenvalue weighted by atomic mass is 32.2. The number of para-hydroxylation sites is 1. The number of fused-ring (bicyclic) bond motifs is 1. The Morgan fingerprint density at radius 3 is 2.78 bits per heavy atom. The summed E-state index contributed by atoms with van der Waals surface area (Å²) in [5.74, 6) is 0.392. The Morgan fingerprint density at radius 1 is 1.26 bits per heavy atom. The molecule has 0 fully saturated rings. The second-order valence-corrected chi connectivity index (χ2v) is 7.10. The van der Waals surface area contributed by atoms with Crippen molar-refractivity contribution in [1.82, 2.24) is 15.1 Å². The third-order valence-electron chi connectivity index (χ3n) is 3.93. The van der Waals surface area contributed by atoms with Gasteiger partial charge in [-0.05, 0) is 32.0 Å². The van der Waals surface area contributed by atoms with E-state index in [4.69, 9.17) is 0 Å². The van der Waals surface area contributed by atoms with E-state index in [1.54, 1.807) is 30.5 Å². The lowest BCUT2D eigenvalue weighted by atomic mass is 10.2. The van der Waals surface area contributed by atoms with E-state index < -0.39 is 10.0 Å². The molecule has 0 spiro atoms. The lowest BCUT2D eigenvalue weighted by Gasteiger charge is -2.24. The molecule has 2 atom stereocenters. The first kappa shape index (κ1) is 15.7. The predicted molar refractivity (Wildman–Crippen MR) is 89.1 cm³/mol. The number of rotatable bonds is 5. The van der Waals surface area contributed by atoms with Gasteiger partial charge in [-0.15, -0.1) is 4.40 Å². The van der Waals surface area contributed by atoms with E-state index in [-0.39, 0.29) is 17.0 Å². The van der Waals surface area contributed by atoms with Crippen LogP contribution in [0.15, 0.2) is 52.0 Å². The van der Waals surface area contributed by atoms with Crippen molar-refractivity contribution in [2.75, 3.05) is 11.9 Å². The Balaban J connectivity index is 1.69. The third kappa shape index (κ3) is 3.27. The van der Waals surface area contributed by atoms with Crippen LogP contribution in [0, 0.1) is 0 Å². The van der Waals surface area contributed by atoms with Crippen LogP contribution in [0.25, 0.3) is 0 Å². The van der Waals surface area contributed by atoms with Gasteiger partial charge >= 0.3 is 0 Å². The van der Waals surface area contributed by atoms with E-state index >= 15 is 0 Å². The molecule has 1 aliphatic heterocycles. The fraction of sp³-hybridized carbons (Fsp3) is 0.333. The second kappa shape index (κ2) is 6.13. The van der Waals surface area contributed by atoms with E-state index in [2.05, 4.69) is 20.1 Å². The number of hydrogen-bond acceptors (Lipinski definition) is 5. The number of aromatic nitrogens is 2. The molecule has 8 heteroatoms. The Kier molecular flexibility index (Phi) is 4.18. The average molecular weight is 333 g/mol. The van der Waals surface area contributed by atoms with E-state index in [0.29, 0.717) is 18.1 Å². The molecule has 122 valence electrons. The lowest BCUT2D eigenvalue weighted by Crippen LogP contribution is -2.40. The molecule has 0 bridgehead atoms. The maximum atomic E-state index is 12.2. The summed E-state index contributed by atoms with van der Waals surface area (Å²) < 4.78 is 30.1. The van der Waals surface area contributed by atoms with Crippen LogP contribution in [-0.2, 0) is 10.0 Å². The fourth-order valence-electron chi connectivity index (χ4n) is 2.42. The van der Waals surface area contributed by atoms with Crippen LogP contribution < -0.4 is 10.6 Å². The summed E-state index contributed by atoms with van der Waals surface area (Å²) in [7, 11) is -3.63. The fourth-order valence-corrected chi connectivity index (χ4v) is 3.57. The number of nitrogens with one attached hydrogen (secondary N) is 2. The van der Waals surface area contributed by atoms with Gasteiger partial charge in [0.2, 0.25) is 0 Å². The van der Waals surface area contributed by atoms with Crippen LogP contribution in [0.5, 0.6) is 0 Å². The van der Waals surface area contributed by atoms with Gasteiger partial charge in [-0.25, -0.2) is 0 Å². The van der Waals surface area contributed by atoms with Crippen molar-refractivity contribution >= 4 is 21.5 Å². The molecule has 23 heavy (non-hydrogen) atoms. The molecular formula is C15H19N5O2S. The smallest absolute Gasteiger partial charge is 0.286 e. The predicted octanol–water partition coefficient (Wildman–Crippen LogP) is 1.64. The normalized spacial score (nSPS) is 18.4. The summed E-state index contributed by atoms with van der Waals surface area (Å²) in [4.78, 5) is 0.210. The minimum Gasteiger partial charge on any atom is -0.341 e. The van der Waals surface area contributed by atoms with E-state index in [1.807, 2.05) is 30.8 Å². The molecule has 2 N–H and O–H groups in total. The standard InChI is InChI=1S/C15H19N5O2S/c1-11(12(2)20-9-5-8-17-20)16-10-15-18-13-6-3-4-7-14(13)23(21,22)19-15/h3-9,11-12,16H,10H2,1-2H3,(H,18,19)/t11-,12-/m1/s1. The quantitative estimate of drug-likeness (QED) is 0.868. The van der Waals surface area contributed by atoms with E-state index in [1.165, 1.54) is 0 Å². The number of sulfonamides is 1. The minimum atomic E-state index is -3.63. The Morgan fingerprint density at radius 2 is 2.04 bits per heavy atom. The minimum absolute atomic E-state index is 0.0966. The molecular weight excluding hydrogens is 314 g/mol. The number of amidine groups is 1. The Labute approximate surface area is 135 Å². The van der Waals surface area contributed by atoms with Gasteiger partial charge in [0.1, 0.15) is 10.7 Å². The maximum Gasteiger partial charge on any atom is 0.286 e. The molecule has 0 saturated heterocycles. The zero-order valence-electron chi connectivity index (χ0n) is 13.0. The van der Waals surface area contributed by atoms with Crippen LogP contribution >= 0.6 is 0 Å². The Hall–Kier alpha value is -2.19. The van der Waals surface area contributed by atoms with Gasteiger partial charge in [0, 0.05) is 18.4 Å². The van der Waals surface area contributed by atoms with Crippen molar-refractivity contribution in [2.45, 2.75) is 30.8 Å².